The molecule has 1 N–H and O–H groups in total. The van der Waals surface area contributed by atoms with Crippen LogP contribution in [0.3, 0.4) is 0 Å². The van der Waals surface area contributed by atoms with E-state index < -0.39 is 0 Å². The Morgan fingerprint density at radius 3 is 2.59 bits per heavy atom. The molecule has 1 aliphatic heterocycles. The van der Waals surface area contributed by atoms with Gasteiger partial charge in [-0.05, 0) is 49.1 Å². The summed E-state index contributed by atoms with van der Waals surface area (Å²) >= 11 is 0. The molecule has 2 aromatic heterocycles. The number of pyridine rings is 1. The maximum atomic E-state index is 12.5. The lowest BCUT2D eigenvalue weighted by molar-refractivity contribution is -0.125. The third-order valence-electron chi connectivity index (χ3n) is 5.45. The highest BCUT2D eigenvalue weighted by atomic mass is 16.1. The fraction of sp³-hybridized carbons (Fsp3) is 0.304. The summed E-state index contributed by atoms with van der Waals surface area (Å²) in [6.45, 7) is 4.22. The van der Waals surface area contributed by atoms with Gasteiger partial charge in [0.2, 0.25) is 5.91 Å². The number of hydrogen-bond acceptors (Lipinski definition) is 5. The summed E-state index contributed by atoms with van der Waals surface area (Å²) < 4.78 is 0. The van der Waals surface area contributed by atoms with Crippen molar-refractivity contribution in [2.75, 3.05) is 18.0 Å². The van der Waals surface area contributed by atoms with Crippen LogP contribution in [0.15, 0.2) is 60.9 Å². The monoisotopic (exact) mass is 387 g/mol. The highest BCUT2D eigenvalue weighted by Gasteiger charge is 2.25. The lowest BCUT2D eigenvalue weighted by atomic mass is 9.96. The van der Waals surface area contributed by atoms with Crippen LogP contribution in [-0.2, 0) is 11.3 Å². The van der Waals surface area contributed by atoms with Crippen LogP contribution in [0.5, 0.6) is 0 Å². The zero-order valence-electron chi connectivity index (χ0n) is 16.6. The number of benzene rings is 1. The molecular formula is C23H25N5O. The Morgan fingerprint density at radius 2 is 1.90 bits per heavy atom. The second kappa shape index (κ2) is 8.82. The van der Waals surface area contributed by atoms with Crippen LogP contribution in [0.1, 0.15) is 24.0 Å². The van der Waals surface area contributed by atoms with Gasteiger partial charge in [0.1, 0.15) is 0 Å². The quantitative estimate of drug-likeness (QED) is 0.727. The number of carbonyl (C=O) groups excluding carboxylic acids is 1. The molecule has 1 fully saturated rings. The molecule has 148 valence electrons. The molecule has 0 unspecified atom stereocenters. The summed E-state index contributed by atoms with van der Waals surface area (Å²) in [7, 11) is 0. The third kappa shape index (κ3) is 4.59. The van der Waals surface area contributed by atoms with Crippen molar-refractivity contribution in [2.45, 2.75) is 26.3 Å². The van der Waals surface area contributed by atoms with Gasteiger partial charge in [0, 0.05) is 43.5 Å². The number of rotatable bonds is 5. The van der Waals surface area contributed by atoms with E-state index in [-0.39, 0.29) is 11.8 Å². The molecule has 6 heteroatoms. The van der Waals surface area contributed by atoms with E-state index in [1.54, 1.807) is 12.4 Å². The Hall–Kier alpha value is -3.28. The molecule has 1 saturated heterocycles. The van der Waals surface area contributed by atoms with E-state index in [1.807, 2.05) is 36.4 Å². The SMILES string of the molecule is Cc1ccccc1-c1ccc(N2CCC(C(=O)NCc3cccnc3)CC2)nn1. The average molecular weight is 387 g/mol. The molecule has 6 nitrogen and oxygen atoms in total. The van der Waals surface area contributed by atoms with Gasteiger partial charge in [-0.1, -0.05) is 30.3 Å². The van der Waals surface area contributed by atoms with Crippen LogP contribution in [0, 0.1) is 12.8 Å². The molecule has 1 aromatic carbocycles. The molecule has 0 atom stereocenters. The van der Waals surface area contributed by atoms with Gasteiger partial charge in [-0.2, -0.15) is 0 Å². The van der Waals surface area contributed by atoms with Crippen LogP contribution >= 0.6 is 0 Å². The topological polar surface area (TPSA) is 71.0 Å². The van der Waals surface area contributed by atoms with Crippen LogP contribution in [0.2, 0.25) is 0 Å². The second-order valence-electron chi connectivity index (χ2n) is 7.43. The first kappa shape index (κ1) is 19.1. The van der Waals surface area contributed by atoms with Crippen molar-refractivity contribution >= 4 is 11.7 Å². The van der Waals surface area contributed by atoms with Gasteiger partial charge >= 0.3 is 0 Å². The summed E-state index contributed by atoms with van der Waals surface area (Å²) in [4.78, 5) is 18.8. The number of nitrogens with zero attached hydrogens (tertiary/aromatic N) is 4. The van der Waals surface area contributed by atoms with Crippen LogP contribution < -0.4 is 10.2 Å². The van der Waals surface area contributed by atoms with E-state index in [0.717, 1.165) is 48.6 Å². The molecule has 0 bridgehead atoms. The fourth-order valence-electron chi connectivity index (χ4n) is 3.70. The van der Waals surface area contributed by atoms with Crippen molar-refractivity contribution in [1.82, 2.24) is 20.5 Å². The third-order valence-corrected chi connectivity index (χ3v) is 5.45. The summed E-state index contributed by atoms with van der Waals surface area (Å²) in [6, 6.07) is 16.1. The first-order valence-electron chi connectivity index (χ1n) is 10.0. The van der Waals surface area contributed by atoms with Crippen molar-refractivity contribution in [1.29, 1.82) is 0 Å². The van der Waals surface area contributed by atoms with E-state index in [4.69, 9.17) is 0 Å². The normalized spacial score (nSPS) is 14.6. The number of hydrogen-bond donors (Lipinski definition) is 1. The van der Waals surface area contributed by atoms with Crippen LogP contribution in [-0.4, -0.2) is 34.2 Å². The molecule has 0 radical (unpaired) electrons. The Balaban J connectivity index is 1.31. The van der Waals surface area contributed by atoms with E-state index in [2.05, 4.69) is 44.5 Å². The van der Waals surface area contributed by atoms with Gasteiger partial charge in [-0.15, -0.1) is 10.2 Å². The average Bonchev–Trinajstić information content (AvgIpc) is 2.79. The van der Waals surface area contributed by atoms with Crippen LogP contribution in [0.4, 0.5) is 5.82 Å². The van der Waals surface area contributed by atoms with Crippen molar-refractivity contribution in [3.05, 3.63) is 72.1 Å². The van der Waals surface area contributed by atoms with Gasteiger partial charge < -0.3 is 10.2 Å². The summed E-state index contributed by atoms with van der Waals surface area (Å²) in [5, 5.41) is 11.9. The molecule has 4 rings (SSSR count). The minimum atomic E-state index is 0.0436. The second-order valence-corrected chi connectivity index (χ2v) is 7.43. The summed E-state index contributed by atoms with van der Waals surface area (Å²) in [6.07, 6.45) is 5.15. The predicted octanol–water partition coefficient (Wildman–Crippen LogP) is 3.38. The van der Waals surface area contributed by atoms with Crippen molar-refractivity contribution < 1.29 is 4.79 Å². The molecule has 29 heavy (non-hydrogen) atoms. The molecular weight excluding hydrogens is 362 g/mol. The molecule has 0 aliphatic carbocycles. The minimum absolute atomic E-state index is 0.0436. The minimum Gasteiger partial charge on any atom is -0.355 e. The maximum Gasteiger partial charge on any atom is 0.223 e. The lowest BCUT2D eigenvalue weighted by Gasteiger charge is -2.31. The number of aromatic nitrogens is 3. The zero-order valence-corrected chi connectivity index (χ0v) is 16.6. The molecule has 1 aliphatic rings. The standard InChI is InChI=1S/C23H25N5O/c1-17-5-2-3-7-20(17)21-8-9-22(27-26-21)28-13-10-19(11-14-28)23(29)25-16-18-6-4-12-24-15-18/h2-9,12,15,19H,10-11,13-14,16H2,1H3,(H,25,29). The number of nitrogens with one attached hydrogen (secondary N) is 1. The van der Waals surface area contributed by atoms with Gasteiger partial charge in [0.05, 0.1) is 5.69 Å². The summed E-state index contributed by atoms with van der Waals surface area (Å²) in [5.41, 5.74) is 4.20. The predicted molar refractivity (Wildman–Crippen MR) is 113 cm³/mol. The highest BCUT2D eigenvalue weighted by molar-refractivity contribution is 5.79. The van der Waals surface area contributed by atoms with Crippen molar-refractivity contribution in [2.24, 2.45) is 5.92 Å². The summed E-state index contributed by atoms with van der Waals surface area (Å²) in [5.74, 6) is 1.04. The van der Waals surface area contributed by atoms with Gasteiger partial charge in [0.15, 0.2) is 5.82 Å². The Morgan fingerprint density at radius 1 is 1.07 bits per heavy atom. The number of anilines is 1. The van der Waals surface area contributed by atoms with Gasteiger partial charge in [-0.25, -0.2) is 0 Å². The van der Waals surface area contributed by atoms with Crippen molar-refractivity contribution in [3.8, 4) is 11.3 Å². The zero-order chi connectivity index (χ0) is 20.1. The number of piperidine rings is 1. The Kier molecular flexibility index (Phi) is 5.79. The van der Waals surface area contributed by atoms with E-state index >= 15 is 0 Å². The first-order chi connectivity index (χ1) is 14.2. The van der Waals surface area contributed by atoms with Crippen molar-refractivity contribution in [3.63, 3.8) is 0 Å². The number of carbonyl (C=O) groups is 1. The molecule has 3 aromatic rings. The fourth-order valence-corrected chi connectivity index (χ4v) is 3.70. The Labute approximate surface area is 171 Å². The Bertz CT molecular complexity index is 951. The smallest absolute Gasteiger partial charge is 0.223 e. The van der Waals surface area contributed by atoms with E-state index in [0.29, 0.717) is 6.54 Å². The number of aryl methyl sites for hydroxylation is 1. The van der Waals surface area contributed by atoms with Gasteiger partial charge in [-0.3, -0.25) is 9.78 Å². The van der Waals surface area contributed by atoms with Crippen LogP contribution in [0.25, 0.3) is 11.3 Å². The first-order valence-corrected chi connectivity index (χ1v) is 10.0. The molecule has 0 spiro atoms. The van der Waals surface area contributed by atoms with E-state index in [1.165, 1.54) is 5.56 Å². The highest BCUT2D eigenvalue weighted by Crippen LogP contribution is 2.25. The maximum absolute atomic E-state index is 12.5. The lowest BCUT2D eigenvalue weighted by Crippen LogP contribution is -2.40. The largest absolute Gasteiger partial charge is 0.355 e. The molecule has 0 saturated carbocycles. The molecule has 3 heterocycles. The van der Waals surface area contributed by atoms with E-state index in [9.17, 15) is 4.79 Å². The van der Waals surface area contributed by atoms with Gasteiger partial charge in [0.25, 0.3) is 0 Å². The molecule has 1 amide bonds. The number of amides is 1.